The molecule has 0 bridgehead atoms. The van der Waals surface area contributed by atoms with Crippen molar-refractivity contribution in [3.05, 3.63) is 70.3 Å². The standard InChI is InChI=1S/C34H39N7O6/c1-40-19-26(24-17-36-39-32(24)34(40)45)22-14-28(46-2)25(29(15-22)47-3)16-35-18-31(43)41-12-10-21(11-13-41)20-4-6-23(7-5-20)37-27-8-9-30(42)38-33(27)44/h4-7,14-15,17,19,21,27,35,37H,8-13,16,18H2,1-3H3,(H,36,39)(H,38,42,44). The van der Waals surface area contributed by atoms with E-state index < -0.39 is 6.04 Å². The number of methoxy groups -OCH3 is 2. The van der Waals surface area contributed by atoms with Gasteiger partial charge in [-0.2, -0.15) is 5.10 Å². The average Bonchev–Trinajstić information content (AvgIpc) is 3.58. The number of amides is 3. The van der Waals surface area contributed by atoms with Gasteiger partial charge in [-0.05, 0) is 60.6 Å². The predicted molar refractivity (Wildman–Crippen MR) is 176 cm³/mol. The van der Waals surface area contributed by atoms with Crippen LogP contribution in [-0.4, -0.2) is 77.3 Å². The van der Waals surface area contributed by atoms with Crippen molar-refractivity contribution < 1.29 is 23.9 Å². The van der Waals surface area contributed by atoms with Crippen molar-refractivity contribution in [2.24, 2.45) is 7.05 Å². The second kappa shape index (κ2) is 13.7. The van der Waals surface area contributed by atoms with E-state index in [2.05, 4.69) is 38.3 Å². The fourth-order valence-electron chi connectivity index (χ4n) is 6.45. The maximum Gasteiger partial charge on any atom is 0.276 e. The number of likely N-dealkylation sites (tertiary alicyclic amines) is 1. The van der Waals surface area contributed by atoms with Gasteiger partial charge in [-0.25, -0.2) is 0 Å². The number of nitrogens with one attached hydrogen (secondary N) is 4. The molecule has 2 aliphatic heterocycles. The zero-order valence-corrected chi connectivity index (χ0v) is 26.7. The largest absolute Gasteiger partial charge is 0.496 e. The minimum Gasteiger partial charge on any atom is -0.496 e. The van der Waals surface area contributed by atoms with Gasteiger partial charge in [0.05, 0.1) is 27.0 Å². The van der Waals surface area contributed by atoms with Gasteiger partial charge in [0.1, 0.15) is 23.1 Å². The van der Waals surface area contributed by atoms with Crippen molar-refractivity contribution in [2.45, 2.75) is 44.2 Å². The lowest BCUT2D eigenvalue weighted by Gasteiger charge is -2.32. The molecule has 47 heavy (non-hydrogen) atoms. The van der Waals surface area contributed by atoms with Gasteiger partial charge in [0, 0.05) is 61.5 Å². The number of fused-ring (bicyclic) bond motifs is 1. The molecule has 0 aliphatic carbocycles. The van der Waals surface area contributed by atoms with Gasteiger partial charge in [-0.3, -0.25) is 29.6 Å². The highest BCUT2D eigenvalue weighted by molar-refractivity contribution is 6.01. The summed E-state index contributed by atoms with van der Waals surface area (Å²) < 4.78 is 13.0. The van der Waals surface area contributed by atoms with E-state index >= 15 is 0 Å². The molecular formula is C34H39N7O6. The number of aryl methyl sites for hydroxylation is 1. The van der Waals surface area contributed by atoms with Crippen LogP contribution in [0.3, 0.4) is 0 Å². The van der Waals surface area contributed by atoms with Crippen LogP contribution < -0.4 is 31.0 Å². The minimum atomic E-state index is -0.413. The topological polar surface area (TPSA) is 160 Å². The molecule has 1 atom stereocenters. The summed E-state index contributed by atoms with van der Waals surface area (Å²) >= 11 is 0. The Morgan fingerprint density at radius 3 is 2.38 bits per heavy atom. The van der Waals surface area contributed by atoms with Gasteiger partial charge >= 0.3 is 0 Å². The number of ether oxygens (including phenoxy) is 2. The Bertz CT molecular complexity index is 1830. The third kappa shape index (κ3) is 6.70. The van der Waals surface area contributed by atoms with E-state index in [1.165, 1.54) is 10.1 Å². The van der Waals surface area contributed by atoms with E-state index in [-0.39, 0.29) is 29.8 Å². The molecule has 246 valence electrons. The van der Waals surface area contributed by atoms with Gasteiger partial charge in [0.2, 0.25) is 17.7 Å². The molecule has 1 unspecified atom stereocenters. The Hall–Kier alpha value is -5.17. The molecular weight excluding hydrogens is 602 g/mol. The van der Waals surface area contributed by atoms with Crippen LogP contribution in [0, 0.1) is 0 Å². The van der Waals surface area contributed by atoms with Gasteiger partial charge in [-0.1, -0.05) is 12.1 Å². The third-order valence-electron chi connectivity index (χ3n) is 9.09. The van der Waals surface area contributed by atoms with Gasteiger partial charge in [-0.15, -0.1) is 0 Å². The number of rotatable bonds is 10. The molecule has 0 saturated carbocycles. The number of hydrogen-bond donors (Lipinski definition) is 4. The molecule has 3 amide bonds. The number of carbonyl (C=O) groups excluding carboxylic acids is 3. The number of anilines is 1. The first-order chi connectivity index (χ1) is 22.7. The third-order valence-corrected chi connectivity index (χ3v) is 9.09. The minimum absolute atomic E-state index is 0.0364. The van der Waals surface area contributed by atoms with Crippen molar-refractivity contribution in [1.29, 1.82) is 0 Å². The molecule has 13 nitrogen and oxygen atoms in total. The zero-order valence-electron chi connectivity index (χ0n) is 26.7. The number of benzene rings is 2. The zero-order chi connectivity index (χ0) is 33.1. The summed E-state index contributed by atoms with van der Waals surface area (Å²) in [5, 5.41) is 16.4. The number of piperidine rings is 2. The summed E-state index contributed by atoms with van der Waals surface area (Å²) in [6, 6.07) is 11.5. The summed E-state index contributed by atoms with van der Waals surface area (Å²) in [6.07, 6.45) is 5.95. The van der Waals surface area contributed by atoms with Crippen LogP contribution in [0.1, 0.15) is 42.7 Å². The van der Waals surface area contributed by atoms with Crippen LogP contribution in [0.4, 0.5) is 5.69 Å². The van der Waals surface area contributed by atoms with E-state index in [0.717, 1.165) is 35.2 Å². The Morgan fingerprint density at radius 1 is 1.02 bits per heavy atom. The number of aromatic nitrogens is 3. The number of aromatic amines is 1. The number of imide groups is 1. The predicted octanol–water partition coefficient (Wildman–Crippen LogP) is 2.66. The lowest BCUT2D eigenvalue weighted by atomic mass is 9.89. The lowest BCUT2D eigenvalue weighted by Crippen LogP contribution is -2.47. The molecule has 2 aromatic heterocycles. The number of hydrogen-bond acceptors (Lipinski definition) is 9. The Kier molecular flexibility index (Phi) is 9.25. The second-order valence-corrected chi connectivity index (χ2v) is 12.0. The smallest absolute Gasteiger partial charge is 0.276 e. The van der Waals surface area contributed by atoms with Crippen molar-refractivity contribution in [2.75, 3.05) is 39.2 Å². The molecule has 2 aromatic carbocycles. The Labute approximate surface area is 271 Å². The molecule has 2 fully saturated rings. The summed E-state index contributed by atoms with van der Waals surface area (Å²) in [4.78, 5) is 51.0. The number of nitrogens with zero attached hydrogens (tertiary/aromatic N) is 3. The maximum atomic E-state index is 13.1. The van der Waals surface area contributed by atoms with E-state index in [1.54, 1.807) is 33.7 Å². The first-order valence-electron chi connectivity index (χ1n) is 15.7. The Balaban J connectivity index is 1.03. The van der Waals surface area contributed by atoms with Gasteiger partial charge in [0.25, 0.3) is 5.56 Å². The van der Waals surface area contributed by atoms with Crippen molar-refractivity contribution in [3.63, 3.8) is 0 Å². The lowest BCUT2D eigenvalue weighted by molar-refractivity contribution is -0.134. The van der Waals surface area contributed by atoms with E-state index in [1.807, 2.05) is 29.2 Å². The van der Waals surface area contributed by atoms with Crippen LogP contribution in [0.15, 0.2) is 53.6 Å². The highest BCUT2D eigenvalue weighted by atomic mass is 16.5. The van der Waals surface area contributed by atoms with Crippen LogP contribution in [0.2, 0.25) is 0 Å². The van der Waals surface area contributed by atoms with E-state index in [9.17, 15) is 19.2 Å². The Morgan fingerprint density at radius 2 is 1.72 bits per heavy atom. The summed E-state index contributed by atoms with van der Waals surface area (Å²) in [6.45, 7) is 1.88. The number of pyridine rings is 1. The molecule has 4 heterocycles. The van der Waals surface area contributed by atoms with Crippen LogP contribution in [-0.2, 0) is 28.0 Å². The molecule has 6 rings (SSSR count). The summed E-state index contributed by atoms with van der Waals surface area (Å²) in [7, 11) is 4.88. The SMILES string of the molecule is COc1cc(-c2cn(C)c(=O)c3[nH]ncc23)cc(OC)c1CNCC(=O)N1CCC(c2ccc(NC3CCC(=O)NC3=O)cc2)CC1. The summed E-state index contributed by atoms with van der Waals surface area (Å²) in [5.41, 5.74) is 4.71. The molecule has 2 saturated heterocycles. The van der Waals surface area contributed by atoms with Crippen molar-refractivity contribution in [3.8, 4) is 22.6 Å². The van der Waals surface area contributed by atoms with Crippen LogP contribution >= 0.6 is 0 Å². The first-order valence-corrected chi connectivity index (χ1v) is 15.7. The molecule has 2 aliphatic rings. The van der Waals surface area contributed by atoms with Crippen LogP contribution in [0.5, 0.6) is 11.5 Å². The highest BCUT2D eigenvalue weighted by Crippen LogP contribution is 2.37. The van der Waals surface area contributed by atoms with Crippen molar-refractivity contribution in [1.82, 2.24) is 30.3 Å². The maximum absolute atomic E-state index is 13.1. The van der Waals surface area contributed by atoms with Gasteiger partial charge < -0.3 is 29.6 Å². The van der Waals surface area contributed by atoms with E-state index in [0.29, 0.717) is 60.8 Å². The van der Waals surface area contributed by atoms with Crippen molar-refractivity contribution >= 4 is 34.3 Å². The molecule has 0 radical (unpaired) electrons. The highest BCUT2D eigenvalue weighted by Gasteiger charge is 2.27. The number of H-pyrrole nitrogens is 1. The average molecular weight is 642 g/mol. The second-order valence-electron chi connectivity index (χ2n) is 12.0. The van der Waals surface area contributed by atoms with E-state index in [4.69, 9.17) is 9.47 Å². The number of carbonyl (C=O) groups is 3. The molecule has 4 aromatic rings. The molecule has 0 spiro atoms. The first kappa shape index (κ1) is 31.8. The fourth-order valence-corrected chi connectivity index (χ4v) is 6.45. The van der Waals surface area contributed by atoms with Crippen LogP contribution in [0.25, 0.3) is 22.0 Å². The monoisotopic (exact) mass is 641 g/mol. The fraction of sp³-hybridized carbons (Fsp3) is 0.382. The quantitative estimate of drug-likeness (QED) is 0.191. The van der Waals surface area contributed by atoms with Gasteiger partial charge in [0.15, 0.2) is 0 Å². The normalized spacial score (nSPS) is 17.1. The summed E-state index contributed by atoms with van der Waals surface area (Å²) in [5.74, 6) is 1.07. The molecule has 13 heteroatoms. The molecule has 4 N–H and O–H groups in total.